The smallest absolute Gasteiger partial charge is 0.360 e. The molecule has 9 heteroatoms. The van der Waals surface area contributed by atoms with Gasteiger partial charge in [-0.3, -0.25) is 9.12 Å². The van der Waals surface area contributed by atoms with Crippen molar-refractivity contribution < 1.29 is 22.7 Å². The number of esters is 1. The van der Waals surface area contributed by atoms with Gasteiger partial charge in [0.25, 0.3) is 0 Å². The minimum atomic E-state index is -3.72. The molecule has 0 bridgehead atoms. The van der Waals surface area contributed by atoms with Crippen LogP contribution in [0.15, 0.2) is 24.4 Å². The summed E-state index contributed by atoms with van der Waals surface area (Å²) in [6.07, 6.45) is 1.13. The third kappa shape index (κ3) is 3.99. The van der Waals surface area contributed by atoms with Crippen LogP contribution in [0.3, 0.4) is 0 Å². The number of aromatic nitrogens is 2. The Morgan fingerprint density at radius 3 is 2.83 bits per heavy atom. The number of sulfonamides is 1. The Kier molecular flexibility index (Phi) is 5.22. The quantitative estimate of drug-likeness (QED) is 0.762. The second-order valence-corrected chi connectivity index (χ2v) is 6.66. The molecule has 1 N–H and O–H groups in total. The van der Waals surface area contributed by atoms with Crippen molar-refractivity contribution in [3.05, 3.63) is 30.1 Å². The topological polar surface area (TPSA) is 99.0 Å². The summed E-state index contributed by atoms with van der Waals surface area (Å²) in [6, 6.07) is 5.11. The van der Waals surface area contributed by atoms with Crippen LogP contribution < -0.4 is 4.72 Å². The lowest BCUT2D eigenvalue weighted by Gasteiger charge is -2.12. The highest BCUT2D eigenvalue weighted by atomic mass is 32.2. The summed E-state index contributed by atoms with van der Waals surface area (Å²) < 4.78 is 38.3. The van der Waals surface area contributed by atoms with Gasteiger partial charge in [0, 0.05) is 13.3 Å². The molecule has 126 valence electrons. The van der Waals surface area contributed by atoms with E-state index in [1.165, 1.54) is 11.5 Å². The van der Waals surface area contributed by atoms with Gasteiger partial charge in [0.15, 0.2) is 11.5 Å². The van der Waals surface area contributed by atoms with E-state index in [0.29, 0.717) is 5.65 Å². The molecule has 2 rings (SSSR count). The summed E-state index contributed by atoms with van der Waals surface area (Å²) in [5.74, 6) is -0.873. The van der Waals surface area contributed by atoms with Gasteiger partial charge in [-0.1, -0.05) is 6.07 Å². The first-order valence-electron chi connectivity index (χ1n) is 7.05. The molecule has 0 spiro atoms. The molecule has 0 saturated carbocycles. The molecule has 0 saturated heterocycles. The number of rotatable bonds is 7. The molecule has 8 nitrogen and oxygen atoms in total. The SMILES string of the molecule is CCOC(=O)c1nc2ccccn2c1NS(=O)(=O)CC(C)OC. The van der Waals surface area contributed by atoms with Gasteiger partial charge in [0.05, 0.1) is 18.5 Å². The van der Waals surface area contributed by atoms with Crippen molar-refractivity contribution in [1.82, 2.24) is 9.38 Å². The number of nitrogens with zero attached hydrogens (tertiary/aromatic N) is 2. The fourth-order valence-electron chi connectivity index (χ4n) is 2.00. The average Bonchev–Trinajstić information content (AvgIpc) is 2.85. The van der Waals surface area contributed by atoms with Crippen LogP contribution in [0, 0.1) is 0 Å². The van der Waals surface area contributed by atoms with Gasteiger partial charge in [-0.25, -0.2) is 18.2 Å². The Labute approximate surface area is 134 Å². The maximum Gasteiger partial charge on any atom is 0.360 e. The minimum absolute atomic E-state index is 0.0577. The molecule has 0 aliphatic rings. The van der Waals surface area contributed by atoms with E-state index in [1.807, 2.05) is 0 Å². The van der Waals surface area contributed by atoms with E-state index in [1.54, 1.807) is 38.2 Å². The van der Waals surface area contributed by atoms with Crippen LogP contribution in [0.2, 0.25) is 0 Å². The Hall–Kier alpha value is -2.13. The summed E-state index contributed by atoms with van der Waals surface area (Å²) in [6.45, 7) is 3.47. The molecule has 0 aliphatic heterocycles. The van der Waals surface area contributed by atoms with Gasteiger partial charge in [0.1, 0.15) is 5.65 Å². The zero-order valence-corrected chi connectivity index (χ0v) is 14.0. The first-order valence-corrected chi connectivity index (χ1v) is 8.70. The average molecular weight is 341 g/mol. The molecule has 0 amide bonds. The second-order valence-electron chi connectivity index (χ2n) is 4.89. The van der Waals surface area contributed by atoms with E-state index in [2.05, 4.69) is 9.71 Å². The molecule has 1 unspecified atom stereocenters. The summed E-state index contributed by atoms with van der Waals surface area (Å²) in [5.41, 5.74) is 0.361. The summed E-state index contributed by atoms with van der Waals surface area (Å²) in [4.78, 5) is 16.2. The monoisotopic (exact) mass is 341 g/mol. The number of fused-ring (bicyclic) bond motifs is 1. The lowest BCUT2D eigenvalue weighted by molar-refractivity contribution is 0.0521. The normalized spacial score (nSPS) is 13.0. The zero-order chi connectivity index (χ0) is 17.0. The number of hydrogen-bond acceptors (Lipinski definition) is 6. The molecular weight excluding hydrogens is 322 g/mol. The highest BCUT2D eigenvalue weighted by Gasteiger charge is 2.25. The number of hydrogen-bond donors (Lipinski definition) is 1. The van der Waals surface area contributed by atoms with Crippen molar-refractivity contribution >= 4 is 27.5 Å². The van der Waals surface area contributed by atoms with Crippen molar-refractivity contribution in [2.75, 3.05) is 24.2 Å². The molecule has 0 fully saturated rings. The maximum absolute atomic E-state index is 12.3. The van der Waals surface area contributed by atoms with E-state index in [0.717, 1.165) is 0 Å². The Morgan fingerprint density at radius 1 is 1.43 bits per heavy atom. The fourth-order valence-corrected chi connectivity index (χ4v) is 3.33. The predicted octanol–water partition coefficient (Wildman–Crippen LogP) is 1.29. The number of carbonyl (C=O) groups excluding carboxylic acids is 1. The number of ether oxygens (including phenoxy) is 2. The van der Waals surface area contributed by atoms with Crippen LogP contribution in [0.5, 0.6) is 0 Å². The maximum atomic E-state index is 12.3. The van der Waals surface area contributed by atoms with Gasteiger partial charge in [-0.15, -0.1) is 0 Å². The Bertz CT molecular complexity index is 800. The predicted molar refractivity (Wildman–Crippen MR) is 85.0 cm³/mol. The van der Waals surface area contributed by atoms with Crippen molar-refractivity contribution in [1.29, 1.82) is 0 Å². The molecule has 1 atom stereocenters. The van der Waals surface area contributed by atoms with Gasteiger partial charge >= 0.3 is 5.97 Å². The molecule has 2 aromatic heterocycles. The Morgan fingerprint density at radius 2 is 2.17 bits per heavy atom. The Balaban J connectivity index is 2.45. The van der Waals surface area contributed by atoms with Crippen LogP contribution in [0.25, 0.3) is 5.65 Å². The summed E-state index contributed by atoms with van der Waals surface area (Å²) in [5, 5.41) is 0. The van der Waals surface area contributed by atoms with Gasteiger partial charge in [0.2, 0.25) is 10.0 Å². The number of nitrogens with one attached hydrogen (secondary N) is 1. The number of imidazole rings is 1. The first kappa shape index (κ1) is 17.2. The summed E-state index contributed by atoms with van der Waals surface area (Å²) in [7, 11) is -2.29. The summed E-state index contributed by atoms with van der Waals surface area (Å²) >= 11 is 0. The molecule has 0 aliphatic carbocycles. The van der Waals surface area contributed by atoms with E-state index in [-0.39, 0.29) is 23.9 Å². The zero-order valence-electron chi connectivity index (χ0n) is 13.1. The first-order chi connectivity index (χ1) is 10.9. The third-order valence-corrected chi connectivity index (χ3v) is 4.52. The van der Waals surface area contributed by atoms with Gasteiger partial charge < -0.3 is 9.47 Å². The number of carbonyl (C=O) groups is 1. The fraction of sp³-hybridized carbons (Fsp3) is 0.429. The molecule has 0 aromatic carbocycles. The number of pyridine rings is 1. The van der Waals surface area contributed by atoms with Crippen LogP contribution in [0.1, 0.15) is 24.3 Å². The van der Waals surface area contributed by atoms with Crippen molar-refractivity contribution in [3.8, 4) is 0 Å². The lowest BCUT2D eigenvalue weighted by Crippen LogP contribution is -2.26. The van der Waals surface area contributed by atoms with Crippen LogP contribution >= 0.6 is 0 Å². The van der Waals surface area contributed by atoms with E-state index >= 15 is 0 Å². The van der Waals surface area contributed by atoms with E-state index < -0.39 is 22.1 Å². The third-order valence-electron chi connectivity index (χ3n) is 3.11. The second kappa shape index (κ2) is 6.97. The largest absolute Gasteiger partial charge is 0.461 e. The molecule has 2 heterocycles. The van der Waals surface area contributed by atoms with E-state index in [9.17, 15) is 13.2 Å². The van der Waals surface area contributed by atoms with Crippen LogP contribution in [-0.4, -0.2) is 49.3 Å². The number of anilines is 1. The van der Waals surface area contributed by atoms with Crippen LogP contribution in [0.4, 0.5) is 5.82 Å². The number of methoxy groups -OCH3 is 1. The van der Waals surface area contributed by atoms with Gasteiger partial charge in [-0.05, 0) is 26.0 Å². The highest BCUT2D eigenvalue weighted by Crippen LogP contribution is 2.21. The van der Waals surface area contributed by atoms with Crippen molar-refractivity contribution in [2.24, 2.45) is 0 Å². The van der Waals surface area contributed by atoms with E-state index in [4.69, 9.17) is 9.47 Å². The molecule has 23 heavy (non-hydrogen) atoms. The lowest BCUT2D eigenvalue weighted by atomic mass is 10.4. The molecule has 0 radical (unpaired) electrons. The highest BCUT2D eigenvalue weighted by molar-refractivity contribution is 7.92. The minimum Gasteiger partial charge on any atom is -0.461 e. The van der Waals surface area contributed by atoms with Crippen molar-refractivity contribution in [2.45, 2.75) is 20.0 Å². The standard InChI is InChI=1S/C14H19N3O5S/c1-4-22-14(18)12-13(16-23(19,20)9-10(2)21-3)17-8-6-5-7-11(17)15-12/h5-8,10,16H,4,9H2,1-3H3. The molecule has 2 aromatic rings. The van der Waals surface area contributed by atoms with Crippen molar-refractivity contribution in [3.63, 3.8) is 0 Å². The van der Waals surface area contributed by atoms with Gasteiger partial charge in [-0.2, -0.15) is 0 Å². The molecular formula is C14H19N3O5S. The van der Waals surface area contributed by atoms with Crippen LogP contribution in [-0.2, 0) is 19.5 Å².